The summed E-state index contributed by atoms with van der Waals surface area (Å²) in [7, 11) is 0. The largest absolute Gasteiger partial charge is 0.351 e. The van der Waals surface area contributed by atoms with Gasteiger partial charge in [0.1, 0.15) is 6.04 Å². The van der Waals surface area contributed by atoms with E-state index in [2.05, 4.69) is 83.8 Å². The second-order valence-corrected chi connectivity index (χ2v) is 8.82. The number of hydrogen-bond acceptors (Lipinski definition) is 3. The lowest BCUT2D eigenvalue weighted by Crippen LogP contribution is -2.31. The summed E-state index contributed by atoms with van der Waals surface area (Å²) in [6.07, 6.45) is 0. The minimum Gasteiger partial charge on any atom is -0.351 e. The fourth-order valence-corrected chi connectivity index (χ4v) is 4.36. The fourth-order valence-electron chi connectivity index (χ4n) is 4.36. The van der Waals surface area contributed by atoms with Crippen LogP contribution in [0.5, 0.6) is 0 Å². The Hall–Kier alpha value is -4.68. The maximum atomic E-state index is 9.66. The lowest BCUT2D eigenvalue weighted by Gasteiger charge is -2.27. The molecule has 0 aliphatic carbocycles. The third kappa shape index (κ3) is 5.19. The molecule has 0 aliphatic rings. The summed E-state index contributed by atoms with van der Waals surface area (Å²) in [4.78, 5) is 7.12. The lowest BCUT2D eigenvalue weighted by molar-refractivity contribution is 0.742. The standard InChI is InChI=1S/C33H27N3/c1-25(23-34)36(24-26-11-5-2-6-12-26)31-19-17-27(18-20-31)30-21-32(28-13-7-3-8-14-28)35-33(22-30)29-15-9-4-10-16-29/h2-22,25H,24H2,1H3. The van der Waals surface area contributed by atoms with Crippen molar-refractivity contribution in [1.82, 2.24) is 4.98 Å². The van der Waals surface area contributed by atoms with E-state index in [1.807, 2.05) is 61.5 Å². The van der Waals surface area contributed by atoms with Crippen LogP contribution in [0.25, 0.3) is 33.6 Å². The third-order valence-electron chi connectivity index (χ3n) is 6.35. The minimum absolute atomic E-state index is 0.244. The molecule has 4 aromatic carbocycles. The quantitative estimate of drug-likeness (QED) is 0.244. The highest BCUT2D eigenvalue weighted by molar-refractivity contribution is 5.77. The van der Waals surface area contributed by atoms with Crippen molar-refractivity contribution in [2.75, 3.05) is 4.90 Å². The number of nitriles is 1. The smallest absolute Gasteiger partial charge is 0.114 e. The fraction of sp³-hybridized carbons (Fsp3) is 0.0909. The first-order valence-electron chi connectivity index (χ1n) is 12.1. The van der Waals surface area contributed by atoms with Gasteiger partial charge in [-0.15, -0.1) is 0 Å². The molecule has 1 heterocycles. The van der Waals surface area contributed by atoms with Gasteiger partial charge in [-0.1, -0.05) is 103 Å². The highest BCUT2D eigenvalue weighted by Crippen LogP contribution is 2.31. The molecule has 0 spiro atoms. The summed E-state index contributed by atoms with van der Waals surface area (Å²) in [5.41, 5.74) is 8.49. The van der Waals surface area contributed by atoms with E-state index in [1.165, 1.54) is 5.56 Å². The molecule has 1 aromatic heterocycles. The predicted octanol–water partition coefficient (Wildman–Crippen LogP) is 8.00. The molecule has 0 bridgehead atoms. The van der Waals surface area contributed by atoms with E-state index in [4.69, 9.17) is 4.98 Å². The topological polar surface area (TPSA) is 39.9 Å². The molecule has 3 heteroatoms. The zero-order valence-corrected chi connectivity index (χ0v) is 20.3. The Morgan fingerprint density at radius 2 is 1.14 bits per heavy atom. The Balaban J connectivity index is 1.52. The van der Waals surface area contributed by atoms with Gasteiger partial charge >= 0.3 is 0 Å². The Kier molecular flexibility index (Phi) is 6.87. The molecular weight excluding hydrogens is 438 g/mol. The average Bonchev–Trinajstić information content (AvgIpc) is 2.97. The molecule has 0 N–H and O–H groups in total. The van der Waals surface area contributed by atoms with Gasteiger partial charge in [0, 0.05) is 23.4 Å². The molecule has 0 aliphatic heterocycles. The van der Waals surface area contributed by atoms with E-state index in [0.717, 1.165) is 39.3 Å². The molecule has 5 rings (SSSR count). The molecule has 0 fully saturated rings. The van der Waals surface area contributed by atoms with Gasteiger partial charge in [0.2, 0.25) is 0 Å². The summed E-state index contributed by atoms with van der Waals surface area (Å²) in [5, 5.41) is 9.66. The second-order valence-electron chi connectivity index (χ2n) is 8.82. The van der Waals surface area contributed by atoms with Gasteiger partial charge in [-0.25, -0.2) is 4.98 Å². The van der Waals surface area contributed by atoms with Crippen LogP contribution in [0.2, 0.25) is 0 Å². The van der Waals surface area contributed by atoms with Crippen LogP contribution in [0.3, 0.4) is 0 Å². The summed E-state index contributed by atoms with van der Waals surface area (Å²) < 4.78 is 0. The second kappa shape index (κ2) is 10.7. The lowest BCUT2D eigenvalue weighted by atomic mass is 9.99. The van der Waals surface area contributed by atoms with Crippen molar-refractivity contribution < 1.29 is 0 Å². The number of hydrogen-bond donors (Lipinski definition) is 0. The van der Waals surface area contributed by atoms with Crippen LogP contribution in [0.15, 0.2) is 127 Å². The molecule has 0 amide bonds. The number of rotatable bonds is 7. The van der Waals surface area contributed by atoms with E-state index in [1.54, 1.807) is 0 Å². The summed E-state index contributed by atoms with van der Waals surface area (Å²) in [6, 6.07) is 45.8. The van der Waals surface area contributed by atoms with Gasteiger partial charge in [0.15, 0.2) is 0 Å². The van der Waals surface area contributed by atoms with Crippen LogP contribution >= 0.6 is 0 Å². The van der Waals surface area contributed by atoms with Crippen molar-refractivity contribution in [2.45, 2.75) is 19.5 Å². The highest BCUT2D eigenvalue weighted by Gasteiger charge is 2.15. The Morgan fingerprint density at radius 3 is 1.64 bits per heavy atom. The Bertz CT molecular complexity index is 1400. The molecule has 0 saturated heterocycles. The molecule has 1 unspecified atom stereocenters. The van der Waals surface area contributed by atoms with Gasteiger partial charge in [-0.05, 0) is 47.9 Å². The van der Waals surface area contributed by atoms with Crippen LogP contribution in [0.1, 0.15) is 12.5 Å². The van der Waals surface area contributed by atoms with Gasteiger partial charge in [0.25, 0.3) is 0 Å². The van der Waals surface area contributed by atoms with E-state index in [0.29, 0.717) is 6.54 Å². The van der Waals surface area contributed by atoms with Gasteiger partial charge in [0.05, 0.1) is 17.5 Å². The number of pyridine rings is 1. The van der Waals surface area contributed by atoms with Crippen LogP contribution < -0.4 is 4.90 Å². The zero-order chi connectivity index (χ0) is 24.7. The maximum Gasteiger partial charge on any atom is 0.114 e. The molecule has 5 aromatic rings. The molecule has 36 heavy (non-hydrogen) atoms. The maximum absolute atomic E-state index is 9.66. The third-order valence-corrected chi connectivity index (χ3v) is 6.35. The van der Waals surface area contributed by atoms with E-state index >= 15 is 0 Å². The minimum atomic E-state index is -0.244. The van der Waals surface area contributed by atoms with Crippen molar-refractivity contribution in [3.63, 3.8) is 0 Å². The predicted molar refractivity (Wildman–Crippen MR) is 148 cm³/mol. The number of nitrogens with zero attached hydrogens (tertiary/aromatic N) is 3. The van der Waals surface area contributed by atoms with E-state index in [9.17, 15) is 5.26 Å². The zero-order valence-electron chi connectivity index (χ0n) is 20.3. The Morgan fingerprint density at radius 1 is 0.639 bits per heavy atom. The van der Waals surface area contributed by atoms with E-state index in [-0.39, 0.29) is 6.04 Å². The highest BCUT2D eigenvalue weighted by atomic mass is 15.2. The monoisotopic (exact) mass is 465 g/mol. The van der Waals surface area contributed by atoms with Crippen molar-refractivity contribution in [1.29, 1.82) is 5.26 Å². The van der Waals surface area contributed by atoms with Crippen molar-refractivity contribution in [3.8, 4) is 39.7 Å². The van der Waals surface area contributed by atoms with Gasteiger partial charge < -0.3 is 4.90 Å². The van der Waals surface area contributed by atoms with Crippen molar-refractivity contribution >= 4 is 5.69 Å². The van der Waals surface area contributed by atoms with Crippen LogP contribution in [0.4, 0.5) is 5.69 Å². The molecule has 1 atom stereocenters. The number of benzene rings is 4. The first-order chi connectivity index (χ1) is 17.7. The van der Waals surface area contributed by atoms with Crippen LogP contribution in [0, 0.1) is 11.3 Å². The molecule has 3 nitrogen and oxygen atoms in total. The van der Waals surface area contributed by atoms with E-state index < -0.39 is 0 Å². The van der Waals surface area contributed by atoms with Crippen LogP contribution in [-0.4, -0.2) is 11.0 Å². The van der Waals surface area contributed by atoms with Crippen LogP contribution in [-0.2, 0) is 6.54 Å². The van der Waals surface area contributed by atoms with Crippen molar-refractivity contribution in [3.05, 3.63) is 133 Å². The SMILES string of the molecule is CC(C#N)N(Cc1ccccc1)c1ccc(-c2cc(-c3ccccc3)nc(-c3ccccc3)c2)cc1. The molecule has 0 saturated carbocycles. The summed E-state index contributed by atoms with van der Waals surface area (Å²) >= 11 is 0. The first-order valence-corrected chi connectivity index (χ1v) is 12.1. The average molecular weight is 466 g/mol. The molecular formula is C33H27N3. The summed E-state index contributed by atoms with van der Waals surface area (Å²) in [6.45, 7) is 2.62. The first kappa shape index (κ1) is 23.1. The van der Waals surface area contributed by atoms with Gasteiger partial charge in [-0.3, -0.25) is 0 Å². The Labute approximate surface area is 212 Å². The summed E-state index contributed by atoms with van der Waals surface area (Å²) in [5.74, 6) is 0. The normalized spacial score (nSPS) is 11.4. The number of aromatic nitrogens is 1. The van der Waals surface area contributed by atoms with Gasteiger partial charge in [-0.2, -0.15) is 5.26 Å². The molecule has 174 valence electrons. The number of anilines is 1. The molecule has 0 radical (unpaired) electrons. The van der Waals surface area contributed by atoms with Crippen molar-refractivity contribution in [2.24, 2.45) is 0 Å².